The highest BCUT2D eigenvalue weighted by Crippen LogP contribution is 2.49. The molecule has 6 aliphatic heterocycles. The second-order valence-corrected chi connectivity index (χ2v) is 9.30. The molecule has 0 radical (unpaired) electrons. The van der Waals surface area contributed by atoms with E-state index in [1.807, 2.05) is 30.6 Å². The van der Waals surface area contributed by atoms with Crippen molar-refractivity contribution >= 4 is 29.7 Å². The number of hydrogen-bond donors (Lipinski definition) is 0. The summed E-state index contributed by atoms with van der Waals surface area (Å²) in [6.07, 6.45) is 6.89. The second-order valence-electron chi connectivity index (χ2n) is 9.30. The minimum atomic E-state index is -4.44. The Labute approximate surface area is 180 Å². The zero-order valence-electron chi connectivity index (χ0n) is 17.5. The van der Waals surface area contributed by atoms with Gasteiger partial charge < -0.3 is 0 Å². The van der Waals surface area contributed by atoms with E-state index >= 15 is 0 Å². The van der Waals surface area contributed by atoms with Gasteiger partial charge in [0.1, 0.15) is 5.57 Å². The Morgan fingerprint density at radius 2 is 1.53 bits per heavy atom. The van der Waals surface area contributed by atoms with Crippen molar-refractivity contribution in [3.63, 3.8) is 0 Å². The normalized spacial score (nSPS) is 25.1. The van der Waals surface area contributed by atoms with Crippen LogP contribution in [0.15, 0.2) is 52.9 Å². The molecule has 2 aromatic heterocycles. The molecule has 0 saturated carbocycles. The Morgan fingerprint density at radius 1 is 0.781 bits per heavy atom. The van der Waals surface area contributed by atoms with E-state index in [1.54, 1.807) is 6.08 Å². The lowest BCUT2D eigenvalue weighted by Crippen LogP contribution is -2.69. The van der Waals surface area contributed by atoms with E-state index in [1.165, 1.54) is 6.08 Å². The van der Waals surface area contributed by atoms with Gasteiger partial charge in [0.25, 0.3) is 0 Å². The average Bonchev–Trinajstić information content (AvgIpc) is 3.42. The third-order valence-electron chi connectivity index (χ3n) is 7.51. The molecule has 156 valence electrons. The molecule has 0 fully saturated rings. The Bertz CT molecular complexity index is 1720. The highest BCUT2D eigenvalue weighted by Gasteiger charge is 2.72. The summed E-state index contributed by atoms with van der Waals surface area (Å²) in [6.45, 7) is 6.13. The number of allylic oxidation sites excluding steroid dienone is 5. The van der Waals surface area contributed by atoms with Crippen molar-refractivity contribution in [2.75, 3.05) is 0 Å². The topological polar surface area (TPSA) is 15.9 Å². The Kier molecular flexibility index (Phi) is 2.44. The van der Waals surface area contributed by atoms with Crippen LogP contribution in [0.1, 0.15) is 29.4 Å². The van der Waals surface area contributed by atoms with E-state index in [0.29, 0.717) is 5.71 Å². The number of halogens is 3. The van der Waals surface area contributed by atoms with Crippen molar-refractivity contribution in [1.29, 1.82) is 0 Å². The molecule has 1 unspecified atom stereocenters. The first-order valence-electron chi connectivity index (χ1n) is 10.6. The van der Waals surface area contributed by atoms with Gasteiger partial charge >= 0.3 is 12.1 Å². The molecule has 0 saturated heterocycles. The zero-order valence-corrected chi connectivity index (χ0v) is 17.5. The van der Waals surface area contributed by atoms with Gasteiger partial charge in [0, 0.05) is 29.9 Å². The van der Waals surface area contributed by atoms with Crippen molar-refractivity contribution < 1.29 is 22.3 Å². The zero-order chi connectivity index (χ0) is 21.9. The summed E-state index contributed by atoms with van der Waals surface area (Å²) >= 11 is 0. The van der Waals surface area contributed by atoms with Crippen LogP contribution < -0.4 is 10.7 Å². The number of rotatable bonds is 0. The molecule has 7 heteroatoms. The summed E-state index contributed by atoms with van der Waals surface area (Å²) in [5.41, 5.74) is 7.14. The van der Waals surface area contributed by atoms with E-state index < -0.39 is 17.7 Å². The monoisotopic (exact) mass is 430 g/mol. The van der Waals surface area contributed by atoms with Crippen molar-refractivity contribution in [2.24, 2.45) is 0 Å². The molecule has 0 amide bonds. The summed E-state index contributed by atoms with van der Waals surface area (Å²) in [5, 5.41) is 2.03. The summed E-state index contributed by atoms with van der Waals surface area (Å²) in [7, 11) is 0. The van der Waals surface area contributed by atoms with Gasteiger partial charge in [0.15, 0.2) is 0 Å². The fourth-order valence-corrected chi connectivity index (χ4v) is 6.40. The van der Waals surface area contributed by atoms with E-state index in [-0.39, 0.29) is 5.70 Å². The molecule has 2 aromatic rings. The van der Waals surface area contributed by atoms with Gasteiger partial charge in [-0.25, -0.2) is 0 Å². The first-order chi connectivity index (χ1) is 15.2. The molecule has 0 N–H and O–H groups in total. The lowest BCUT2D eigenvalue weighted by molar-refractivity contribution is -0.837. The van der Waals surface area contributed by atoms with E-state index in [9.17, 15) is 13.2 Å². The quantitative estimate of drug-likeness (QED) is 0.572. The molecule has 6 aliphatic rings. The van der Waals surface area contributed by atoms with Crippen molar-refractivity contribution in [3.8, 4) is 0 Å². The van der Waals surface area contributed by atoms with Crippen LogP contribution in [-0.2, 0) is 5.91 Å². The first kappa shape index (κ1) is 17.0. The van der Waals surface area contributed by atoms with Crippen LogP contribution in [-0.4, -0.2) is 35.9 Å². The fraction of sp³-hybridized carbons (Fsp3) is 0.200. The molecule has 1 atom stereocenters. The van der Waals surface area contributed by atoms with Gasteiger partial charge in [-0.15, -0.1) is 0 Å². The number of hydrogen-bond acceptors (Lipinski definition) is 0. The van der Waals surface area contributed by atoms with Gasteiger partial charge in [-0.05, 0) is 50.1 Å². The molecule has 0 bridgehead atoms. The van der Waals surface area contributed by atoms with Crippen LogP contribution in [0.25, 0.3) is 18.2 Å². The second kappa shape index (κ2) is 4.60. The van der Waals surface area contributed by atoms with E-state index in [0.717, 1.165) is 50.2 Å². The third-order valence-corrected chi connectivity index (χ3v) is 7.51. The molecule has 8 rings (SSSR count). The first-order valence-corrected chi connectivity index (χ1v) is 10.6. The molecule has 4 nitrogen and oxygen atoms in total. The Morgan fingerprint density at radius 3 is 2.31 bits per heavy atom. The van der Waals surface area contributed by atoms with Gasteiger partial charge in [-0.3, -0.25) is 0 Å². The van der Waals surface area contributed by atoms with E-state index in [4.69, 9.17) is 0 Å². The fourth-order valence-electron chi connectivity index (χ4n) is 6.40. The van der Waals surface area contributed by atoms with Crippen LogP contribution in [0.5, 0.6) is 0 Å². The molecule has 0 aliphatic carbocycles. The minimum absolute atomic E-state index is 0.204. The molecule has 32 heavy (non-hydrogen) atoms. The predicted octanol–water partition coefficient (Wildman–Crippen LogP) is 2.58. The van der Waals surface area contributed by atoms with E-state index in [2.05, 4.69) is 44.9 Å². The van der Waals surface area contributed by atoms with Crippen molar-refractivity contribution in [2.45, 2.75) is 32.9 Å². The largest absolute Gasteiger partial charge is 0.553 e. The summed E-state index contributed by atoms with van der Waals surface area (Å²) in [4.78, 5) is 0. The van der Waals surface area contributed by atoms with Gasteiger partial charge in [-0.1, -0.05) is 9.15 Å². The maximum atomic E-state index is 14.2. The van der Waals surface area contributed by atoms with Gasteiger partial charge in [0.2, 0.25) is 22.8 Å². The SMILES string of the molecule is CC1=CC2=[N+]3C1=CC1=[N+]4C(=Cc5cc(C)c6n5C34n3c(cc(C)c3=C2)=C6)C(C(F)(F)F)=C1. The molecule has 1 spiro atoms. The highest BCUT2D eigenvalue weighted by atomic mass is 19.4. The predicted molar refractivity (Wildman–Crippen MR) is 113 cm³/mol. The van der Waals surface area contributed by atoms with Crippen molar-refractivity contribution in [3.05, 3.63) is 86.1 Å². The summed E-state index contributed by atoms with van der Waals surface area (Å²) in [5.74, 6) is -1.00. The maximum Gasteiger partial charge on any atom is 0.553 e. The number of aromatic nitrogens is 2. The number of aryl methyl sites for hydroxylation is 2. The molecule has 0 aromatic carbocycles. The average molecular weight is 430 g/mol. The van der Waals surface area contributed by atoms with Crippen LogP contribution in [0, 0.1) is 13.8 Å². The smallest absolute Gasteiger partial charge is 0.199 e. The summed E-state index contributed by atoms with van der Waals surface area (Å²) in [6, 6.07) is 4.14. The standard InChI is InChI=1S/C25H17F3N4/c1-12-4-15-9-21-14(3)6-17-11-23-19(24(26,27)28)7-18-10-22-13(2)5-16-8-20(12)29(15)25(30(16)22,31(17)21)32(18)23/h4-11H,1-3H3/q+2. The van der Waals surface area contributed by atoms with Crippen LogP contribution in [0.3, 0.4) is 0 Å². The minimum Gasteiger partial charge on any atom is -0.199 e. The molecule has 8 heterocycles. The third kappa shape index (κ3) is 1.50. The van der Waals surface area contributed by atoms with Crippen LogP contribution in [0.4, 0.5) is 13.2 Å². The van der Waals surface area contributed by atoms with Crippen molar-refractivity contribution in [1.82, 2.24) is 9.13 Å². The van der Waals surface area contributed by atoms with Gasteiger partial charge in [0.05, 0.1) is 28.2 Å². The Hall–Kier alpha value is -3.61. The number of alkyl halides is 3. The molecular weight excluding hydrogens is 413 g/mol. The van der Waals surface area contributed by atoms with Gasteiger partial charge in [-0.2, -0.15) is 22.3 Å². The lowest BCUT2D eigenvalue weighted by atomic mass is 10.1. The molecular formula is C25H17F3N4+2. The Balaban J connectivity index is 1.67. The number of nitrogens with zero attached hydrogens (tertiary/aromatic N) is 4. The van der Waals surface area contributed by atoms with Crippen LogP contribution in [0.2, 0.25) is 0 Å². The lowest BCUT2D eigenvalue weighted by Gasteiger charge is -2.38. The maximum absolute atomic E-state index is 14.2. The van der Waals surface area contributed by atoms with Crippen LogP contribution >= 0.6 is 0 Å². The highest BCUT2D eigenvalue weighted by molar-refractivity contribution is 6.17. The summed E-state index contributed by atoms with van der Waals surface area (Å²) < 4.78 is 51.2.